The van der Waals surface area contributed by atoms with Gasteiger partial charge in [-0.05, 0) is 36.0 Å². The van der Waals surface area contributed by atoms with Crippen molar-refractivity contribution in [2.45, 2.75) is 64.5 Å². The van der Waals surface area contributed by atoms with Crippen LogP contribution in [0.3, 0.4) is 0 Å². The second kappa shape index (κ2) is 14.1. The van der Waals surface area contributed by atoms with E-state index in [9.17, 15) is 19.7 Å². The molecular weight excluding hydrogens is 462 g/mol. The third-order valence-corrected chi connectivity index (χ3v) is 6.63. The van der Waals surface area contributed by atoms with Crippen LogP contribution in [0.2, 0.25) is 0 Å². The number of nitrogens with one attached hydrogen (secondary N) is 2. The Hall–Kier alpha value is -3.62. The highest BCUT2D eigenvalue weighted by molar-refractivity contribution is 5.71. The number of nitro benzene ring substituents is 1. The minimum Gasteiger partial charge on any atom is -0.445 e. The largest absolute Gasteiger partial charge is 0.445 e. The van der Waals surface area contributed by atoms with Crippen LogP contribution in [-0.2, 0) is 11.3 Å². The van der Waals surface area contributed by atoms with Crippen molar-refractivity contribution in [1.29, 1.82) is 0 Å². The fourth-order valence-corrected chi connectivity index (χ4v) is 4.86. The van der Waals surface area contributed by atoms with Crippen molar-refractivity contribution in [3.05, 3.63) is 70.3 Å². The SMILES string of the molecule is CCC[C@@H](C1CCCCC1)[C@@H](CNC(=O)OCc1ccccc1)NC(=O)Oc1ccc([N+](=O)[O-])cc1. The average molecular weight is 498 g/mol. The van der Waals surface area contributed by atoms with Crippen molar-refractivity contribution < 1.29 is 24.0 Å². The Morgan fingerprint density at radius 1 is 1.03 bits per heavy atom. The first kappa shape index (κ1) is 27.0. The molecule has 0 aromatic heterocycles. The molecule has 1 fully saturated rings. The van der Waals surface area contributed by atoms with Gasteiger partial charge in [0.05, 0.1) is 11.0 Å². The standard InChI is InChI=1S/C27H35N3O6/c1-2-9-24(21-12-7-4-8-13-21)25(18-28-26(31)35-19-20-10-5-3-6-11-20)29-27(32)36-23-16-14-22(15-17-23)30(33)34/h3,5-6,10-11,14-17,21,24-25H,2,4,7-9,12-13,18-19H2,1H3,(H,28,31)(H,29,32)/t24-,25+/m0/s1. The normalized spacial score (nSPS) is 15.4. The van der Waals surface area contributed by atoms with Crippen molar-refractivity contribution in [3.63, 3.8) is 0 Å². The van der Waals surface area contributed by atoms with E-state index in [0.717, 1.165) is 44.1 Å². The molecule has 0 saturated heterocycles. The molecule has 0 bridgehead atoms. The van der Waals surface area contributed by atoms with Crippen LogP contribution in [0.25, 0.3) is 0 Å². The van der Waals surface area contributed by atoms with Crippen LogP contribution >= 0.6 is 0 Å². The topological polar surface area (TPSA) is 120 Å². The van der Waals surface area contributed by atoms with Gasteiger partial charge in [0.1, 0.15) is 12.4 Å². The number of ether oxygens (including phenoxy) is 2. The van der Waals surface area contributed by atoms with Gasteiger partial charge in [-0.2, -0.15) is 0 Å². The molecule has 9 heteroatoms. The van der Waals surface area contributed by atoms with E-state index >= 15 is 0 Å². The maximum absolute atomic E-state index is 12.8. The molecule has 0 aliphatic heterocycles. The predicted molar refractivity (Wildman–Crippen MR) is 136 cm³/mol. The predicted octanol–water partition coefficient (Wildman–Crippen LogP) is 5.97. The Bertz CT molecular complexity index is 977. The van der Waals surface area contributed by atoms with E-state index in [4.69, 9.17) is 9.47 Å². The molecule has 2 aromatic carbocycles. The van der Waals surface area contributed by atoms with Crippen LogP contribution in [0, 0.1) is 22.0 Å². The summed E-state index contributed by atoms with van der Waals surface area (Å²) >= 11 is 0. The lowest BCUT2D eigenvalue weighted by Gasteiger charge is -2.36. The van der Waals surface area contributed by atoms with E-state index in [1.54, 1.807) is 0 Å². The number of alkyl carbamates (subject to hydrolysis) is 1. The van der Waals surface area contributed by atoms with Crippen LogP contribution in [0.1, 0.15) is 57.4 Å². The number of rotatable bonds is 11. The van der Waals surface area contributed by atoms with Crippen molar-refractivity contribution >= 4 is 17.9 Å². The molecule has 36 heavy (non-hydrogen) atoms. The van der Waals surface area contributed by atoms with Gasteiger partial charge in [0.2, 0.25) is 0 Å². The van der Waals surface area contributed by atoms with Gasteiger partial charge >= 0.3 is 12.2 Å². The van der Waals surface area contributed by atoms with Gasteiger partial charge in [-0.25, -0.2) is 9.59 Å². The van der Waals surface area contributed by atoms with Crippen LogP contribution in [-0.4, -0.2) is 29.7 Å². The maximum Gasteiger partial charge on any atom is 0.412 e. The molecule has 2 amide bonds. The first-order valence-electron chi connectivity index (χ1n) is 12.6. The van der Waals surface area contributed by atoms with Gasteiger partial charge in [0.25, 0.3) is 5.69 Å². The van der Waals surface area contributed by atoms with E-state index in [1.807, 2.05) is 30.3 Å². The van der Waals surface area contributed by atoms with E-state index in [2.05, 4.69) is 17.6 Å². The van der Waals surface area contributed by atoms with Crippen molar-refractivity contribution in [2.24, 2.45) is 11.8 Å². The van der Waals surface area contributed by atoms with Crippen LogP contribution in [0.5, 0.6) is 5.75 Å². The molecule has 1 aliphatic carbocycles. The number of nitro groups is 1. The molecular formula is C27H35N3O6. The number of carbonyl (C=O) groups is 2. The Balaban J connectivity index is 1.64. The highest BCUT2D eigenvalue weighted by Crippen LogP contribution is 2.34. The fourth-order valence-electron chi connectivity index (χ4n) is 4.86. The molecule has 2 N–H and O–H groups in total. The fraction of sp³-hybridized carbons (Fsp3) is 0.481. The Kier molecular flexibility index (Phi) is 10.5. The van der Waals surface area contributed by atoms with E-state index in [-0.39, 0.29) is 36.5 Å². The molecule has 0 unspecified atom stereocenters. The minimum atomic E-state index is -0.662. The van der Waals surface area contributed by atoms with Crippen molar-refractivity contribution in [1.82, 2.24) is 10.6 Å². The van der Waals surface area contributed by atoms with Gasteiger partial charge in [0.15, 0.2) is 0 Å². The Morgan fingerprint density at radius 2 is 1.72 bits per heavy atom. The third-order valence-electron chi connectivity index (χ3n) is 6.63. The second-order valence-electron chi connectivity index (χ2n) is 9.18. The molecule has 1 saturated carbocycles. The van der Waals surface area contributed by atoms with Gasteiger partial charge in [-0.1, -0.05) is 75.8 Å². The summed E-state index contributed by atoms with van der Waals surface area (Å²) in [7, 11) is 0. The zero-order valence-electron chi connectivity index (χ0n) is 20.7. The number of benzene rings is 2. The molecule has 1 aliphatic rings. The summed E-state index contributed by atoms with van der Waals surface area (Å²) in [5.74, 6) is 0.830. The lowest BCUT2D eigenvalue weighted by atomic mass is 9.74. The highest BCUT2D eigenvalue weighted by atomic mass is 16.6. The number of non-ortho nitro benzene ring substituents is 1. The Morgan fingerprint density at radius 3 is 2.36 bits per heavy atom. The van der Waals surface area contributed by atoms with Crippen LogP contribution < -0.4 is 15.4 Å². The summed E-state index contributed by atoms with van der Waals surface area (Å²) in [6.07, 6.45) is 6.40. The molecule has 2 aromatic rings. The first-order chi connectivity index (χ1) is 17.5. The molecule has 3 rings (SSSR count). The number of hydrogen-bond donors (Lipinski definition) is 2. The summed E-state index contributed by atoms with van der Waals surface area (Å²) in [5.41, 5.74) is 0.805. The number of nitrogens with zero attached hydrogens (tertiary/aromatic N) is 1. The molecule has 194 valence electrons. The quantitative estimate of drug-likeness (QED) is 0.291. The summed E-state index contributed by atoms with van der Waals surface area (Å²) in [4.78, 5) is 35.5. The molecule has 2 atom stereocenters. The number of carbonyl (C=O) groups excluding carboxylic acids is 2. The molecule has 0 spiro atoms. The lowest BCUT2D eigenvalue weighted by Crippen LogP contribution is -2.51. The van der Waals surface area contributed by atoms with Crippen molar-refractivity contribution in [3.8, 4) is 5.75 Å². The number of amides is 2. The van der Waals surface area contributed by atoms with Crippen LogP contribution in [0.4, 0.5) is 15.3 Å². The minimum absolute atomic E-state index is 0.0841. The van der Waals surface area contributed by atoms with Gasteiger partial charge < -0.3 is 20.1 Å². The van der Waals surface area contributed by atoms with Crippen LogP contribution in [0.15, 0.2) is 54.6 Å². The number of hydrogen-bond acceptors (Lipinski definition) is 6. The molecule has 0 heterocycles. The highest BCUT2D eigenvalue weighted by Gasteiger charge is 2.32. The molecule has 9 nitrogen and oxygen atoms in total. The smallest absolute Gasteiger partial charge is 0.412 e. The van der Waals surface area contributed by atoms with E-state index < -0.39 is 17.1 Å². The first-order valence-corrected chi connectivity index (χ1v) is 12.6. The van der Waals surface area contributed by atoms with Crippen molar-refractivity contribution in [2.75, 3.05) is 6.54 Å². The summed E-state index contributed by atoms with van der Waals surface area (Å²) < 4.78 is 10.7. The van der Waals surface area contributed by atoms with E-state index in [1.165, 1.54) is 30.7 Å². The Labute approximate surface area is 211 Å². The van der Waals surface area contributed by atoms with Gasteiger partial charge in [0, 0.05) is 18.7 Å². The summed E-state index contributed by atoms with van der Waals surface area (Å²) in [5, 5.41) is 16.6. The van der Waals surface area contributed by atoms with E-state index in [0.29, 0.717) is 5.92 Å². The second-order valence-corrected chi connectivity index (χ2v) is 9.18. The average Bonchev–Trinajstić information content (AvgIpc) is 2.90. The van der Waals surface area contributed by atoms with Gasteiger partial charge in [-0.3, -0.25) is 10.1 Å². The van der Waals surface area contributed by atoms with Gasteiger partial charge in [-0.15, -0.1) is 0 Å². The molecule has 0 radical (unpaired) electrons. The lowest BCUT2D eigenvalue weighted by molar-refractivity contribution is -0.384. The third kappa shape index (κ3) is 8.55. The summed E-state index contributed by atoms with van der Waals surface area (Å²) in [6, 6.07) is 14.4. The summed E-state index contributed by atoms with van der Waals surface area (Å²) in [6.45, 7) is 2.49. The maximum atomic E-state index is 12.8. The monoisotopic (exact) mass is 497 g/mol. The zero-order valence-corrected chi connectivity index (χ0v) is 20.7. The zero-order chi connectivity index (χ0) is 25.8.